The molecule has 1 atom stereocenters. The van der Waals surface area contributed by atoms with Crippen molar-refractivity contribution >= 4 is 40.8 Å². The number of nitrogens with one attached hydrogen (secondary N) is 3. The number of ether oxygens (including phenoxy) is 2. The highest BCUT2D eigenvalue weighted by Gasteiger charge is 2.24. The van der Waals surface area contributed by atoms with Gasteiger partial charge in [0.15, 0.2) is 23.2 Å². The van der Waals surface area contributed by atoms with E-state index in [1.807, 2.05) is 43.3 Å². The number of amides is 3. The normalized spacial score (nSPS) is 11.8. The molecule has 5 aromatic rings. The van der Waals surface area contributed by atoms with Crippen LogP contribution in [0.3, 0.4) is 0 Å². The van der Waals surface area contributed by atoms with Gasteiger partial charge in [0.1, 0.15) is 12.2 Å². The minimum Gasteiger partial charge on any atom is -0.480 e. The van der Waals surface area contributed by atoms with Crippen LogP contribution < -0.4 is 31.3 Å². The van der Waals surface area contributed by atoms with Crippen molar-refractivity contribution < 1.29 is 37.4 Å². The second-order valence-corrected chi connectivity index (χ2v) is 15.7. The first kappa shape index (κ1) is 47.0. The van der Waals surface area contributed by atoms with Gasteiger partial charge in [0.05, 0.1) is 35.0 Å². The number of carbonyl (C=O) groups excluding carboxylic acids is 4. The third-order valence-electron chi connectivity index (χ3n) is 9.30. The van der Waals surface area contributed by atoms with Crippen LogP contribution in [0.25, 0.3) is 5.69 Å². The molecule has 1 heterocycles. The number of benzene rings is 4. The lowest BCUT2D eigenvalue weighted by molar-refractivity contribution is -0.123. The van der Waals surface area contributed by atoms with Gasteiger partial charge in [-0.25, -0.2) is 18.3 Å². The number of ketones is 1. The lowest BCUT2D eigenvalue weighted by Gasteiger charge is -2.20. The van der Waals surface area contributed by atoms with Crippen molar-refractivity contribution in [2.45, 2.75) is 64.6 Å². The van der Waals surface area contributed by atoms with Gasteiger partial charge in [-0.2, -0.15) is 10.2 Å². The molecular formula is C45H52F2N10O6. The van der Waals surface area contributed by atoms with Crippen molar-refractivity contribution in [1.82, 2.24) is 30.9 Å². The summed E-state index contributed by atoms with van der Waals surface area (Å²) in [4.78, 5) is 53.8. The minimum atomic E-state index is -1.11. The van der Waals surface area contributed by atoms with Crippen LogP contribution in [0.5, 0.6) is 5.75 Å². The van der Waals surface area contributed by atoms with Crippen LogP contribution >= 0.6 is 0 Å². The molecule has 0 spiro atoms. The Balaban J connectivity index is 1.15. The Labute approximate surface area is 364 Å². The molecule has 1 aromatic heterocycles. The summed E-state index contributed by atoms with van der Waals surface area (Å²) in [6, 6.07) is 21.6. The molecule has 3 amide bonds. The number of alkyl carbamates (subject to hydrolysis) is 1. The van der Waals surface area contributed by atoms with Gasteiger partial charge in [0.25, 0.3) is 11.8 Å². The zero-order valence-electron chi connectivity index (χ0n) is 35.9. The third-order valence-corrected chi connectivity index (χ3v) is 9.30. The number of carbonyl (C=O) groups is 4. The summed E-state index contributed by atoms with van der Waals surface area (Å²) in [6.45, 7) is 4.97. The number of Topliss-reactive ketones (excluding diaryl/α,β-unsaturated/α-hetero) is 1. The van der Waals surface area contributed by atoms with E-state index in [9.17, 15) is 19.2 Å². The molecule has 0 radical (unpaired) electrons. The Morgan fingerprint density at radius 3 is 2.13 bits per heavy atom. The molecule has 5 N–H and O–H groups in total. The number of halogens is 2. The summed E-state index contributed by atoms with van der Waals surface area (Å²) in [7, 11) is 3.89. The van der Waals surface area contributed by atoms with Crippen LogP contribution in [0.2, 0.25) is 0 Å². The van der Waals surface area contributed by atoms with Gasteiger partial charge < -0.3 is 36.1 Å². The van der Waals surface area contributed by atoms with Crippen LogP contribution in [0.4, 0.5) is 30.6 Å². The van der Waals surface area contributed by atoms with Crippen molar-refractivity contribution in [3.63, 3.8) is 0 Å². The molecule has 0 unspecified atom stereocenters. The van der Waals surface area contributed by atoms with Gasteiger partial charge in [-0.15, -0.1) is 5.10 Å². The number of hydrogen-bond donors (Lipinski definition) is 4. The maximum atomic E-state index is 15.2. The highest BCUT2D eigenvalue weighted by molar-refractivity contribution is 5.98. The average Bonchev–Trinajstić information content (AvgIpc) is 3.74. The first-order valence-electron chi connectivity index (χ1n) is 20.3. The fraction of sp³-hybridized carbons (Fsp3) is 0.333. The number of azo groups is 1. The highest BCUT2D eigenvalue weighted by Crippen LogP contribution is 2.25. The third kappa shape index (κ3) is 14.5. The molecule has 0 aliphatic rings. The van der Waals surface area contributed by atoms with Crippen molar-refractivity contribution in [1.29, 1.82) is 0 Å². The van der Waals surface area contributed by atoms with E-state index in [1.54, 1.807) is 75.5 Å². The molecule has 332 valence electrons. The summed E-state index contributed by atoms with van der Waals surface area (Å²) in [6.07, 6.45) is 2.07. The highest BCUT2D eigenvalue weighted by atomic mass is 19.1. The molecule has 18 heteroatoms. The maximum absolute atomic E-state index is 15.2. The Morgan fingerprint density at radius 2 is 1.51 bits per heavy atom. The SMILES string of the molecule is CN(C)c1ccc(N=Nc2ccc(C(=O)NCCc3cc(F)c(OCC(=O)[C@H](CCCCNC(=O)OC(C)(C)C)NC(=O)c4cccc(-n5cc(CN)nn5)c4)c(F)c3)cc2)cc1. The standard InChI is InChI=1S/C45H52F2N10O6/c1-45(2,3)63-44(61)50-21-7-6-11-39(51-43(60)31-9-8-10-36(25-31)57-27-34(26-48)54-55-57)40(58)28-62-41-37(46)23-29(24-38(41)47)20-22-49-42(59)30-12-14-32(15-13-30)52-53-33-16-18-35(19-17-33)56(4)5/h8-10,12-19,23-25,27,39H,6-7,11,20-22,26,28,48H2,1-5H3,(H,49,59)(H,50,61)(H,51,60)/t39-/m0/s1. The molecular weight excluding hydrogens is 815 g/mol. The number of nitrogens with two attached hydrogens (primary N) is 1. The van der Waals surface area contributed by atoms with E-state index >= 15 is 8.78 Å². The predicted molar refractivity (Wildman–Crippen MR) is 233 cm³/mol. The molecule has 4 aromatic carbocycles. The molecule has 5 rings (SSSR count). The number of anilines is 1. The van der Waals surface area contributed by atoms with Crippen LogP contribution in [-0.4, -0.2) is 84.1 Å². The first-order valence-corrected chi connectivity index (χ1v) is 20.3. The van der Waals surface area contributed by atoms with Crippen molar-refractivity contribution in [3.05, 3.63) is 125 Å². The first-order chi connectivity index (χ1) is 30.1. The quantitative estimate of drug-likeness (QED) is 0.0470. The zero-order valence-corrected chi connectivity index (χ0v) is 35.9. The van der Waals surface area contributed by atoms with Gasteiger partial charge in [-0.05, 0) is 131 Å². The van der Waals surface area contributed by atoms with Gasteiger partial charge in [-0.1, -0.05) is 11.3 Å². The van der Waals surface area contributed by atoms with E-state index in [1.165, 1.54) is 4.68 Å². The monoisotopic (exact) mass is 866 g/mol. The smallest absolute Gasteiger partial charge is 0.407 e. The number of rotatable bonds is 20. The largest absolute Gasteiger partial charge is 0.480 e. The van der Waals surface area contributed by atoms with E-state index in [-0.39, 0.29) is 49.5 Å². The summed E-state index contributed by atoms with van der Waals surface area (Å²) in [5, 5.41) is 24.5. The number of aromatic nitrogens is 3. The lowest BCUT2D eigenvalue weighted by atomic mass is 10.0. The zero-order chi connectivity index (χ0) is 45.5. The number of nitrogens with zero attached hydrogens (tertiary/aromatic N) is 6. The molecule has 0 aliphatic heterocycles. The fourth-order valence-corrected chi connectivity index (χ4v) is 6.01. The van der Waals surface area contributed by atoms with E-state index in [2.05, 4.69) is 36.5 Å². The van der Waals surface area contributed by atoms with E-state index in [0.29, 0.717) is 41.2 Å². The lowest BCUT2D eigenvalue weighted by Crippen LogP contribution is -2.43. The number of hydrogen-bond acceptors (Lipinski definition) is 12. The summed E-state index contributed by atoms with van der Waals surface area (Å²) in [5.74, 6) is -4.46. The van der Waals surface area contributed by atoms with Crippen molar-refractivity contribution in [3.8, 4) is 11.4 Å². The van der Waals surface area contributed by atoms with Gasteiger partial charge in [-0.3, -0.25) is 14.4 Å². The Kier molecular flexibility index (Phi) is 16.5. The molecule has 0 saturated heterocycles. The molecule has 0 saturated carbocycles. The Morgan fingerprint density at radius 1 is 0.841 bits per heavy atom. The minimum absolute atomic E-state index is 0.0754. The summed E-state index contributed by atoms with van der Waals surface area (Å²) in [5.41, 5.74) is 9.14. The molecule has 0 fully saturated rings. The molecule has 63 heavy (non-hydrogen) atoms. The van der Waals surface area contributed by atoms with Gasteiger partial charge in [0, 0.05) is 50.5 Å². The summed E-state index contributed by atoms with van der Waals surface area (Å²) >= 11 is 0. The van der Waals surface area contributed by atoms with Crippen LogP contribution in [0.1, 0.15) is 72.0 Å². The van der Waals surface area contributed by atoms with Crippen molar-refractivity contribution in [2.24, 2.45) is 16.0 Å². The molecule has 0 bridgehead atoms. The second kappa shape index (κ2) is 22.1. The second-order valence-electron chi connectivity index (χ2n) is 15.7. The van der Waals surface area contributed by atoms with E-state index in [4.69, 9.17) is 15.2 Å². The average molecular weight is 867 g/mol. The van der Waals surface area contributed by atoms with Crippen LogP contribution in [-0.2, 0) is 22.5 Å². The summed E-state index contributed by atoms with van der Waals surface area (Å²) < 4.78 is 42.6. The van der Waals surface area contributed by atoms with Crippen LogP contribution in [0, 0.1) is 11.6 Å². The predicted octanol–water partition coefficient (Wildman–Crippen LogP) is 6.90. The van der Waals surface area contributed by atoms with Gasteiger partial charge in [0.2, 0.25) is 0 Å². The Hall–Kier alpha value is -7.08. The molecule has 0 aliphatic carbocycles. The maximum Gasteiger partial charge on any atom is 0.407 e. The number of unbranched alkanes of at least 4 members (excludes halogenated alkanes) is 1. The van der Waals surface area contributed by atoms with Gasteiger partial charge >= 0.3 is 6.09 Å². The van der Waals surface area contributed by atoms with E-state index < -0.39 is 53.4 Å². The Bertz CT molecular complexity index is 2360. The fourth-order valence-electron chi connectivity index (χ4n) is 6.01. The van der Waals surface area contributed by atoms with Crippen molar-refractivity contribution in [2.75, 3.05) is 38.7 Å². The van der Waals surface area contributed by atoms with Crippen LogP contribution in [0.15, 0.2) is 101 Å². The molecule has 16 nitrogen and oxygen atoms in total. The van der Waals surface area contributed by atoms with E-state index in [0.717, 1.165) is 17.8 Å². The topological polar surface area (TPSA) is 208 Å².